The van der Waals surface area contributed by atoms with Crippen LogP contribution in [0.1, 0.15) is 26.5 Å². The van der Waals surface area contributed by atoms with Crippen molar-refractivity contribution in [3.8, 4) is 0 Å². The second kappa shape index (κ2) is 4.76. The van der Waals surface area contributed by atoms with Crippen molar-refractivity contribution >= 4 is 23.4 Å². The summed E-state index contributed by atoms with van der Waals surface area (Å²) in [5.41, 5.74) is 3.19. The Morgan fingerprint density at radius 3 is 2.53 bits per heavy atom. The molecule has 0 aliphatic rings. The number of aromatic nitrogens is 4. The standard InChI is InChI=1S/C13H23N5S/c1-7-18-11-10(9(2)15-18)14-12(19)17(11)8-13(3,4)16(5)6/h7-8H2,1-6H3,(H,14,19). The number of imidazole rings is 1. The van der Waals surface area contributed by atoms with Crippen molar-refractivity contribution in [2.24, 2.45) is 0 Å². The number of H-pyrrole nitrogens is 1. The van der Waals surface area contributed by atoms with Crippen molar-refractivity contribution in [1.82, 2.24) is 24.2 Å². The van der Waals surface area contributed by atoms with Crippen LogP contribution in [0.5, 0.6) is 0 Å². The summed E-state index contributed by atoms with van der Waals surface area (Å²) in [7, 11) is 4.19. The Morgan fingerprint density at radius 1 is 1.37 bits per heavy atom. The van der Waals surface area contributed by atoms with Gasteiger partial charge in [-0.1, -0.05) is 0 Å². The number of likely N-dealkylation sites (N-methyl/N-ethyl adjacent to an activating group) is 1. The third-order valence-electron chi connectivity index (χ3n) is 3.89. The van der Waals surface area contributed by atoms with Crippen molar-refractivity contribution in [2.75, 3.05) is 14.1 Å². The van der Waals surface area contributed by atoms with E-state index in [-0.39, 0.29) is 5.54 Å². The zero-order valence-corrected chi connectivity index (χ0v) is 13.4. The SMILES string of the molecule is CCn1nc(C)c2[nH]c(=S)n(CC(C)(C)N(C)C)c21. The highest BCUT2D eigenvalue weighted by atomic mass is 32.1. The van der Waals surface area contributed by atoms with Crippen LogP contribution in [-0.2, 0) is 13.1 Å². The monoisotopic (exact) mass is 281 g/mol. The molecular formula is C13H23N5S. The molecule has 2 heterocycles. The number of hydrogen-bond acceptors (Lipinski definition) is 3. The minimum Gasteiger partial charge on any atom is -0.328 e. The van der Waals surface area contributed by atoms with E-state index in [2.05, 4.69) is 54.4 Å². The van der Waals surface area contributed by atoms with E-state index in [9.17, 15) is 0 Å². The maximum Gasteiger partial charge on any atom is 0.179 e. The fourth-order valence-corrected chi connectivity index (χ4v) is 2.41. The van der Waals surface area contributed by atoms with Gasteiger partial charge in [-0.25, -0.2) is 4.68 Å². The van der Waals surface area contributed by atoms with Gasteiger partial charge in [-0.2, -0.15) is 5.10 Å². The van der Waals surface area contributed by atoms with Crippen LogP contribution in [0.25, 0.3) is 11.2 Å². The van der Waals surface area contributed by atoms with Crippen molar-refractivity contribution in [1.29, 1.82) is 0 Å². The van der Waals surface area contributed by atoms with E-state index in [0.717, 1.165) is 34.7 Å². The quantitative estimate of drug-likeness (QED) is 0.876. The molecule has 0 unspecified atom stereocenters. The second-order valence-electron chi connectivity index (χ2n) is 5.82. The van der Waals surface area contributed by atoms with Gasteiger partial charge < -0.3 is 9.88 Å². The predicted octanol–water partition coefficient (Wildman–Crippen LogP) is 2.56. The molecule has 0 amide bonds. The molecular weight excluding hydrogens is 258 g/mol. The molecule has 0 aromatic carbocycles. The number of aryl methyl sites for hydroxylation is 2. The lowest BCUT2D eigenvalue weighted by atomic mass is 10.0. The Balaban J connectivity index is 2.60. The molecule has 0 atom stereocenters. The highest BCUT2D eigenvalue weighted by Crippen LogP contribution is 2.22. The Bertz CT molecular complexity index is 644. The number of fused-ring (bicyclic) bond motifs is 1. The zero-order valence-electron chi connectivity index (χ0n) is 12.6. The van der Waals surface area contributed by atoms with Crippen LogP contribution in [0.3, 0.4) is 0 Å². The Kier molecular flexibility index (Phi) is 3.57. The van der Waals surface area contributed by atoms with Gasteiger partial charge in [0.1, 0.15) is 5.52 Å². The average Bonchev–Trinajstić information content (AvgIpc) is 2.78. The molecule has 0 saturated carbocycles. The fourth-order valence-electron chi connectivity index (χ4n) is 2.16. The maximum absolute atomic E-state index is 5.48. The molecule has 0 spiro atoms. The average molecular weight is 281 g/mol. The van der Waals surface area contributed by atoms with Crippen LogP contribution >= 0.6 is 12.2 Å². The molecule has 0 bridgehead atoms. The highest BCUT2D eigenvalue weighted by molar-refractivity contribution is 7.71. The van der Waals surface area contributed by atoms with Gasteiger partial charge in [0.15, 0.2) is 10.4 Å². The van der Waals surface area contributed by atoms with Crippen LogP contribution in [-0.4, -0.2) is 43.9 Å². The molecule has 0 aliphatic heterocycles. The molecule has 2 rings (SSSR count). The van der Waals surface area contributed by atoms with E-state index < -0.39 is 0 Å². The van der Waals surface area contributed by atoms with Crippen molar-refractivity contribution < 1.29 is 0 Å². The summed E-state index contributed by atoms with van der Waals surface area (Å²) in [5, 5.41) is 4.55. The van der Waals surface area contributed by atoms with Crippen molar-refractivity contribution in [2.45, 2.75) is 46.3 Å². The van der Waals surface area contributed by atoms with E-state index in [1.54, 1.807) is 0 Å². The lowest BCUT2D eigenvalue weighted by molar-refractivity contribution is 0.170. The second-order valence-corrected chi connectivity index (χ2v) is 6.21. The number of aromatic amines is 1. The van der Waals surface area contributed by atoms with Gasteiger partial charge in [0, 0.05) is 18.6 Å². The normalized spacial score (nSPS) is 12.8. The third-order valence-corrected chi connectivity index (χ3v) is 4.21. The molecule has 19 heavy (non-hydrogen) atoms. The number of nitrogens with one attached hydrogen (secondary N) is 1. The highest BCUT2D eigenvalue weighted by Gasteiger charge is 2.24. The lowest BCUT2D eigenvalue weighted by Gasteiger charge is -2.33. The number of nitrogens with zero attached hydrogens (tertiary/aromatic N) is 4. The number of rotatable bonds is 4. The van der Waals surface area contributed by atoms with Gasteiger partial charge in [0.05, 0.1) is 5.69 Å². The molecule has 0 radical (unpaired) electrons. The summed E-state index contributed by atoms with van der Waals surface area (Å²) >= 11 is 5.48. The summed E-state index contributed by atoms with van der Waals surface area (Å²) in [5.74, 6) is 0. The van der Waals surface area contributed by atoms with E-state index in [4.69, 9.17) is 12.2 Å². The molecule has 0 saturated heterocycles. The van der Waals surface area contributed by atoms with Gasteiger partial charge in [-0.15, -0.1) is 0 Å². The molecule has 6 heteroatoms. The summed E-state index contributed by atoms with van der Waals surface area (Å²) in [6.45, 7) is 10.2. The lowest BCUT2D eigenvalue weighted by Crippen LogP contribution is -2.42. The van der Waals surface area contributed by atoms with E-state index >= 15 is 0 Å². The first-order chi connectivity index (χ1) is 8.77. The molecule has 2 aromatic rings. The topological polar surface area (TPSA) is 41.8 Å². The summed E-state index contributed by atoms with van der Waals surface area (Å²) in [4.78, 5) is 5.50. The van der Waals surface area contributed by atoms with Crippen molar-refractivity contribution in [3.05, 3.63) is 10.5 Å². The van der Waals surface area contributed by atoms with Gasteiger partial charge in [-0.05, 0) is 54.0 Å². The minimum atomic E-state index is 0.0318. The molecule has 2 aromatic heterocycles. The van der Waals surface area contributed by atoms with E-state index in [0.29, 0.717) is 0 Å². The van der Waals surface area contributed by atoms with Gasteiger partial charge in [0.2, 0.25) is 0 Å². The number of hydrogen-bond donors (Lipinski definition) is 1. The van der Waals surface area contributed by atoms with Crippen LogP contribution < -0.4 is 0 Å². The first-order valence-electron chi connectivity index (χ1n) is 6.61. The van der Waals surface area contributed by atoms with Gasteiger partial charge >= 0.3 is 0 Å². The predicted molar refractivity (Wildman–Crippen MR) is 81.1 cm³/mol. The molecule has 0 fully saturated rings. The summed E-state index contributed by atoms with van der Waals surface area (Å²) < 4.78 is 4.95. The first kappa shape index (κ1) is 14.3. The first-order valence-corrected chi connectivity index (χ1v) is 7.02. The van der Waals surface area contributed by atoms with Gasteiger partial charge in [0.25, 0.3) is 0 Å². The molecule has 5 nitrogen and oxygen atoms in total. The van der Waals surface area contributed by atoms with Crippen LogP contribution in [0.4, 0.5) is 0 Å². The zero-order chi connectivity index (χ0) is 14.4. The van der Waals surface area contributed by atoms with Gasteiger partial charge in [-0.3, -0.25) is 4.57 Å². The van der Waals surface area contributed by atoms with Crippen molar-refractivity contribution in [3.63, 3.8) is 0 Å². The smallest absolute Gasteiger partial charge is 0.179 e. The molecule has 1 N–H and O–H groups in total. The Hall–Kier alpha value is -1.14. The molecule has 0 aliphatic carbocycles. The summed E-state index contributed by atoms with van der Waals surface area (Å²) in [6, 6.07) is 0. The minimum absolute atomic E-state index is 0.0318. The fraction of sp³-hybridized carbons (Fsp3) is 0.692. The maximum atomic E-state index is 5.48. The van der Waals surface area contributed by atoms with Crippen LogP contribution in [0, 0.1) is 11.7 Å². The Labute approximate surface area is 119 Å². The van der Waals surface area contributed by atoms with E-state index in [1.165, 1.54) is 0 Å². The summed E-state index contributed by atoms with van der Waals surface area (Å²) in [6.07, 6.45) is 0. The van der Waals surface area contributed by atoms with E-state index in [1.807, 2.05) is 11.6 Å². The largest absolute Gasteiger partial charge is 0.328 e. The third kappa shape index (κ3) is 2.34. The Morgan fingerprint density at radius 2 is 2.00 bits per heavy atom. The van der Waals surface area contributed by atoms with Crippen LogP contribution in [0.2, 0.25) is 0 Å². The molecule has 106 valence electrons. The van der Waals surface area contributed by atoms with Crippen LogP contribution in [0.15, 0.2) is 0 Å².